The Morgan fingerprint density at radius 1 is 1.07 bits per heavy atom. The van der Waals surface area contributed by atoms with Gasteiger partial charge in [0.15, 0.2) is 5.71 Å². The van der Waals surface area contributed by atoms with Crippen LogP contribution in [0, 0.1) is 13.8 Å². The van der Waals surface area contributed by atoms with Crippen LogP contribution in [-0.4, -0.2) is 28.5 Å². The summed E-state index contributed by atoms with van der Waals surface area (Å²) in [6.07, 6.45) is 1.38. The molecule has 0 bridgehead atoms. The molecule has 0 radical (unpaired) electrons. The van der Waals surface area contributed by atoms with Crippen molar-refractivity contribution in [2.45, 2.75) is 13.8 Å². The fourth-order valence-electron chi connectivity index (χ4n) is 2.79. The van der Waals surface area contributed by atoms with Gasteiger partial charge in [0.1, 0.15) is 11.5 Å². The maximum atomic E-state index is 12.0. The molecule has 0 saturated carbocycles. The van der Waals surface area contributed by atoms with Gasteiger partial charge in [-0.2, -0.15) is 5.10 Å². The van der Waals surface area contributed by atoms with Crippen LogP contribution in [-0.2, 0) is 9.53 Å². The van der Waals surface area contributed by atoms with E-state index in [-0.39, 0.29) is 5.71 Å². The molecule has 5 heteroatoms. The standard InChI is InChI=1S/C22H21N3O2/c1-5-19(22(26)27-4)24-25-16(3)23-20(17-13-11-15(2)12-14-17)21(25)18-9-7-6-8-10-18/h5-14H,1H2,2-4H3/b24-19+. The van der Waals surface area contributed by atoms with Crippen LogP contribution in [0.3, 0.4) is 0 Å². The van der Waals surface area contributed by atoms with Crippen molar-refractivity contribution in [1.29, 1.82) is 0 Å². The van der Waals surface area contributed by atoms with Crippen molar-refractivity contribution in [3.63, 3.8) is 0 Å². The fraction of sp³-hybridized carbons (Fsp3) is 0.136. The monoisotopic (exact) mass is 359 g/mol. The van der Waals surface area contributed by atoms with E-state index in [9.17, 15) is 4.79 Å². The Kier molecular flexibility index (Phi) is 5.31. The van der Waals surface area contributed by atoms with E-state index in [0.29, 0.717) is 5.82 Å². The van der Waals surface area contributed by atoms with Crippen molar-refractivity contribution in [3.05, 3.63) is 78.6 Å². The van der Waals surface area contributed by atoms with Crippen LogP contribution in [0.5, 0.6) is 0 Å². The highest BCUT2D eigenvalue weighted by Crippen LogP contribution is 2.33. The van der Waals surface area contributed by atoms with Gasteiger partial charge in [0, 0.05) is 11.1 Å². The molecule has 0 aliphatic rings. The molecule has 0 unspecified atom stereocenters. The molecule has 0 fully saturated rings. The molecule has 0 aliphatic carbocycles. The minimum atomic E-state index is -0.547. The third-order valence-electron chi connectivity index (χ3n) is 4.18. The van der Waals surface area contributed by atoms with Gasteiger partial charge >= 0.3 is 5.97 Å². The van der Waals surface area contributed by atoms with Gasteiger partial charge in [-0.25, -0.2) is 14.5 Å². The third-order valence-corrected chi connectivity index (χ3v) is 4.18. The molecule has 2 aromatic carbocycles. The van der Waals surface area contributed by atoms with Gasteiger partial charge in [0.25, 0.3) is 0 Å². The van der Waals surface area contributed by atoms with Gasteiger partial charge in [-0.15, -0.1) is 0 Å². The molecule has 1 aromatic heterocycles. The Labute approximate surface area is 158 Å². The number of carbonyl (C=O) groups excluding carboxylic acids is 1. The van der Waals surface area contributed by atoms with E-state index >= 15 is 0 Å². The lowest BCUT2D eigenvalue weighted by molar-refractivity contribution is -0.132. The Morgan fingerprint density at radius 2 is 1.74 bits per heavy atom. The van der Waals surface area contributed by atoms with Crippen LogP contribution in [0.1, 0.15) is 11.4 Å². The van der Waals surface area contributed by atoms with E-state index in [0.717, 1.165) is 22.5 Å². The maximum Gasteiger partial charge on any atom is 0.358 e. The summed E-state index contributed by atoms with van der Waals surface area (Å²) >= 11 is 0. The maximum absolute atomic E-state index is 12.0. The highest BCUT2D eigenvalue weighted by molar-refractivity contribution is 6.41. The van der Waals surface area contributed by atoms with E-state index in [1.165, 1.54) is 18.7 Å². The summed E-state index contributed by atoms with van der Waals surface area (Å²) in [4.78, 5) is 16.7. The lowest BCUT2D eigenvalue weighted by Gasteiger charge is -2.09. The first-order chi connectivity index (χ1) is 13.0. The lowest BCUT2D eigenvalue weighted by atomic mass is 10.0. The SMILES string of the molecule is C=C/C(=N\n1c(C)nc(-c2ccc(C)cc2)c1-c1ccccc1)C(=O)OC. The van der Waals surface area contributed by atoms with Crippen LogP contribution in [0.15, 0.2) is 72.4 Å². The second-order valence-electron chi connectivity index (χ2n) is 6.08. The predicted octanol–water partition coefficient (Wildman–Crippen LogP) is 4.40. The van der Waals surface area contributed by atoms with Crippen molar-refractivity contribution < 1.29 is 9.53 Å². The van der Waals surface area contributed by atoms with E-state index in [4.69, 9.17) is 9.72 Å². The average molecular weight is 359 g/mol. The van der Waals surface area contributed by atoms with Gasteiger partial charge in [0.05, 0.1) is 12.8 Å². The first-order valence-electron chi connectivity index (χ1n) is 8.56. The number of benzene rings is 2. The van der Waals surface area contributed by atoms with Crippen LogP contribution < -0.4 is 0 Å². The molecular weight excluding hydrogens is 338 g/mol. The fourth-order valence-corrected chi connectivity index (χ4v) is 2.79. The number of carbonyl (C=O) groups is 1. The number of nitrogens with zero attached hydrogens (tertiary/aromatic N) is 3. The zero-order chi connectivity index (χ0) is 19.4. The van der Waals surface area contributed by atoms with Crippen molar-refractivity contribution in [2.75, 3.05) is 7.11 Å². The second-order valence-corrected chi connectivity index (χ2v) is 6.08. The second kappa shape index (κ2) is 7.83. The molecule has 0 spiro atoms. The minimum absolute atomic E-state index is 0.116. The van der Waals surface area contributed by atoms with Crippen molar-refractivity contribution in [1.82, 2.24) is 9.66 Å². The summed E-state index contributed by atoms with van der Waals surface area (Å²) in [5.41, 5.74) is 4.83. The highest BCUT2D eigenvalue weighted by Gasteiger charge is 2.19. The average Bonchev–Trinajstić information content (AvgIpc) is 3.02. The summed E-state index contributed by atoms with van der Waals surface area (Å²) in [5.74, 6) is 0.113. The molecule has 5 nitrogen and oxygen atoms in total. The Hall–Kier alpha value is -3.47. The molecule has 0 N–H and O–H groups in total. The van der Waals surface area contributed by atoms with Crippen LogP contribution in [0.4, 0.5) is 0 Å². The van der Waals surface area contributed by atoms with Crippen LogP contribution in [0.2, 0.25) is 0 Å². The molecule has 1 heterocycles. The topological polar surface area (TPSA) is 56.5 Å². The summed E-state index contributed by atoms with van der Waals surface area (Å²) in [5, 5.41) is 4.47. The molecule has 0 atom stereocenters. The lowest BCUT2D eigenvalue weighted by Crippen LogP contribution is -2.15. The number of methoxy groups -OCH3 is 1. The number of ether oxygens (including phenoxy) is 1. The van der Waals surface area contributed by atoms with Crippen LogP contribution >= 0.6 is 0 Å². The minimum Gasteiger partial charge on any atom is -0.464 e. The van der Waals surface area contributed by atoms with Crippen molar-refractivity contribution in [3.8, 4) is 22.5 Å². The first-order valence-corrected chi connectivity index (χ1v) is 8.56. The summed E-state index contributed by atoms with van der Waals surface area (Å²) in [7, 11) is 1.32. The van der Waals surface area contributed by atoms with Gasteiger partial charge in [0.2, 0.25) is 0 Å². The van der Waals surface area contributed by atoms with Crippen molar-refractivity contribution in [2.24, 2.45) is 5.10 Å². The van der Waals surface area contributed by atoms with Gasteiger partial charge in [-0.05, 0) is 19.9 Å². The summed E-state index contributed by atoms with van der Waals surface area (Å²) in [6, 6.07) is 18.0. The van der Waals surface area contributed by atoms with E-state index in [2.05, 4.69) is 11.7 Å². The van der Waals surface area contributed by atoms with Crippen LogP contribution in [0.25, 0.3) is 22.5 Å². The highest BCUT2D eigenvalue weighted by atomic mass is 16.5. The number of esters is 1. The summed E-state index contributed by atoms with van der Waals surface area (Å²) in [6.45, 7) is 7.56. The number of aromatic nitrogens is 2. The predicted molar refractivity (Wildman–Crippen MR) is 108 cm³/mol. The number of hydrogen-bond acceptors (Lipinski definition) is 4. The molecule has 0 amide bonds. The van der Waals surface area contributed by atoms with Crippen molar-refractivity contribution >= 4 is 11.7 Å². The van der Waals surface area contributed by atoms with E-state index < -0.39 is 5.97 Å². The molecule has 0 saturated heterocycles. The molecule has 3 aromatic rings. The zero-order valence-corrected chi connectivity index (χ0v) is 15.6. The quantitative estimate of drug-likeness (QED) is 0.501. The number of rotatable bonds is 5. The first kappa shape index (κ1) is 18.3. The van der Waals surface area contributed by atoms with Gasteiger partial charge in [-0.1, -0.05) is 66.7 Å². The van der Waals surface area contributed by atoms with E-state index in [1.54, 1.807) is 4.68 Å². The zero-order valence-electron chi connectivity index (χ0n) is 15.6. The number of aryl methyl sites for hydroxylation is 2. The van der Waals surface area contributed by atoms with Gasteiger partial charge in [-0.3, -0.25) is 0 Å². The smallest absolute Gasteiger partial charge is 0.358 e. The Morgan fingerprint density at radius 3 is 2.33 bits per heavy atom. The molecule has 0 aliphatic heterocycles. The molecule has 27 heavy (non-hydrogen) atoms. The Bertz CT molecular complexity index is 1000. The molecule has 3 rings (SSSR count). The molecular formula is C22H21N3O2. The summed E-state index contributed by atoms with van der Waals surface area (Å²) < 4.78 is 6.46. The van der Waals surface area contributed by atoms with E-state index in [1.807, 2.05) is 68.4 Å². The molecule has 136 valence electrons. The third kappa shape index (κ3) is 3.72. The van der Waals surface area contributed by atoms with Gasteiger partial charge < -0.3 is 4.74 Å². The normalized spacial score (nSPS) is 11.3. The Balaban J connectivity index is 2.28. The number of hydrogen-bond donors (Lipinski definition) is 0. The number of imidazole rings is 1. The largest absolute Gasteiger partial charge is 0.464 e.